The molecule has 3 rings (SSSR count). The highest BCUT2D eigenvalue weighted by molar-refractivity contribution is 5.21. The number of halogens is 3. The maximum Gasteiger partial charge on any atom is 0.449 e. The third-order valence-corrected chi connectivity index (χ3v) is 3.38. The summed E-state index contributed by atoms with van der Waals surface area (Å²) in [7, 11) is 0. The Labute approximate surface area is 117 Å². The van der Waals surface area contributed by atoms with Crippen molar-refractivity contribution in [2.45, 2.75) is 25.7 Å². The van der Waals surface area contributed by atoms with Crippen LogP contribution in [-0.2, 0) is 25.7 Å². The average molecular weight is 299 g/mol. The Balaban J connectivity index is 1.85. The highest BCUT2D eigenvalue weighted by atomic mass is 19.4. The first-order valence-electron chi connectivity index (χ1n) is 6.37. The normalized spacial score (nSPS) is 16.0. The van der Waals surface area contributed by atoms with E-state index in [9.17, 15) is 18.0 Å². The summed E-state index contributed by atoms with van der Waals surface area (Å²) in [6.45, 7) is 1.30. The smallest absolute Gasteiger partial charge is 0.449 e. The number of hydrogen-bond donors (Lipinski definition) is 1. The minimum Gasteiger partial charge on any atom is -0.468 e. The van der Waals surface area contributed by atoms with Crippen LogP contribution in [0.15, 0.2) is 27.6 Å². The van der Waals surface area contributed by atoms with Gasteiger partial charge in [0.15, 0.2) is 0 Å². The van der Waals surface area contributed by atoms with Gasteiger partial charge in [-0.3, -0.25) is 9.69 Å². The van der Waals surface area contributed by atoms with Crippen molar-refractivity contribution in [1.82, 2.24) is 14.9 Å². The summed E-state index contributed by atoms with van der Waals surface area (Å²) in [5.41, 5.74) is -0.209. The van der Waals surface area contributed by atoms with E-state index in [0.29, 0.717) is 25.1 Å². The minimum atomic E-state index is -4.64. The topological polar surface area (TPSA) is 62.1 Å². The largest absolute Gasteiger partial charge is 0.468 e. The van der Waals surface area contributed by atoms with E-state index in [-0.39, 0.29) is 12.2 Å². The van der Waals surface area contributed by atoms with E-state index in [1.165, 1.54) is 0 Å². The van der Waals surface area contributed by atoms with Crippen LogP contribution in [0.3, 0.4) is 0 Å². The highest BCUT2D eigenvalue weighted by Crippen LogP contribution is 2.26. The Morgan fingerprint density at radius 1 is 1.43 bits per heavy atom. The van der Waals surface area contributed by atoms with Crippen molar-refractivity contribution >= 4 is 0 Å². The molecule has 21 heavy (non-hydrogen) atoms. The molecule has 0 fully saturated rings. The van der Waals surface area contributed by atoms with Crippen LogP contribution >= 0.6 is 0 Å². The van der Waals surface area contributed by atoms with E-state index in [1.807, 2.05) is 16.0 Å². The molecule has 0 radical (unpaired) electrons. The standard InChI is InChI=1S/C13H12F3N3O2/c14-13(15,16)12-17-10-3-4-19(6-8-2-1-5-21-8)7-9(10)11(20)18-12/h1-2,5H,3-4,6-7H2,(H,17,18,20). The van der Waals surface area contributed by atoms with Crippen LogP contribution in [0.2, 0.25) is 0 Å². The zero-order valence-electron chi connectivity index (χ0n) is 10.9. The third kappa shape index (κ3) is 2.85. The van der Waals surface area contributed by atoms with Gasteiger partial charge in [-0.15, -0.1) is 0 Å². The van der Waals surface area contributed by atoms with Crippen molar-refractivity contribution in [2.75, 3.05) is 6.54 Å². The quantitative estimate of drug-likeness (QED) is 0.920. The molecule has 0 unspecified atom stereocenters. The van der Waals surface area contributed by atoms with Crippen molar-refractivity contribution in [3.8, 4) is 0 Å². The molecule has 0 spiro atoms. The average Bonchev–Trinajstić information content (AvgIpc) is 2.91. The molecule has 0 aliphatic carbocycles. The molecule has 0 saturated heterocycles. The van der Waals surface area contributed by atoms with E-state index < -0.39 is 17.6 Å². The van der Waals surface area contributed by atoms with Gasteiger partial charge in [0.05, 0.1) is 24.1 Å². The number of aromatic amines is 1. The molecule has 0 amide bonds. The number of fused-ring (bicyclic) bond motifs is 1. The van der Waals surface area contributed by atoms with E-state index >= 15 is 0 Å². The van der Waals surface area contributed by atoms with Crippen molar-refractivity contribution in [1.29, 1.82) is 0 Å². The number of furan rings is 1. The fourth-order valence-electron chi connectivity index (χ4n) is 2.37. The molecule has 0 bridgehead atoms. The molecular weight excluding hydrogens is 287 g/mol. The summed E-state index contributed by atoms with van der Waals surface area (Å²) in [5.74, 6) is -0.486. The van der Waals surface area contributed by atoms with E-state index in [1.54, 1.807) is 12.3 Å². The fraction of sp³-hybridized carbons (Fsp3) is 0.385. The van der Waals surface area contributed by atoms with Gasteiger partial charge in [0.25, 0.3) is 5.56 Å². The van der Waals surface area contributed by atoms with E-state index in [2.05, 4.69) is 4.98 Å². The summed E-state index contributed by atoms with van der Waals surface area (Å²) in [6.07, 6.45) is -2.78. The first-order valence-corrected chi connectivity index (χ1v) is 6.37. The summed E-state index contributed by atoms with van der Waals surface area (Å²) in [5, 5.41) is 0. The third-order valence-electron chi connectivity index (χ3n) is 3.38. The zero-order chi connectivity index (χ0) is 15.0. The van der Waals surface area contributed by atoms with Gasteiger partial charge in [-0.1, -0.05) is 0 Å². The molecule has 2 aromatic heterocycles. The molecular formula is C13H12F3N3O2. The summed E-state index contributed by atoms with van der Waals surface area (Å²) in [4.78, 5) is 19.1. The van der Waals surface area contributed by atoms with Gasteiger partial charge in [0, 0.05) is 19.5 Å². The van der Waals surface area contributed by atoms with Crippen LogP contribution in [0.1, 0.15) is 22.8 Å². The molecule has 8 heteroatoms. The molecule has 1 N–H and O–H groups in total. The van der Waals surface area contributed by atoms with Gasteiger partial charge in [0.2, 0.25) is 5.82 Å². The predicted molar refractivity (Wildman–Crippen MR) is 66.4 cm³/mol. The summed E-state index contributed by atoms with van der Waals surface area (Å²) in [6, 6.07) is 3.57. The van der Waals surface area contributed by atoms with Gasteiger partial charge in [0.1, 0.15) is 5.76 Å². The van der Waals surface area contributed by atoms with E-state index in [4.69, 9.17) is 4.42 Å². The molecule has 0 atom stereocenters. The van der Waals surface area contributed by atoms with Crippen LogP contribution in [0, 0.1) is 0 Å². The molecule has 0 aromatic carbocycles. The maximum absolute atomic E-state index is 12.6. The number of nitrogens with zero attached hydrogens (tertiary/aromatic N) is 2. The Kier molecular flexibility index (Phi) is 3.32. The highest BCUT2D eigenvalue weighted by Gasteiger charge is 2.35. The number of hydrogen-bond acceptors (Lipinski definition) is 4. The first kappa shape index (κ1) is 13.9. The Bertz CT molecular complexity index is 692. The number of aromatic nitrogens is 2. The van der Waals surface area contributed by atoms with Crippen molar-refractivity contribution in [3.63, 3.8) is 0 Å². The lowest BCUT2D eigenvalue weighted by atomic mass is 10.1. The van der Waals surface area contributed by atoms with Gasteiger partial charge in [-0.25, -0.2) is 4.98 Å². The Morgan fingerprint density at radius 2 is 2.24 bits per heavy atom. The van der Waals surface area contributed by atoms with Crippen LogP contribution < -0.4 is 5.56 Å². The molecule has 2 aromatic rings. The van der Waals surface area contributed by atoms with Gasteiger partial charge in [-0.05, 0) is 12.1 Å². The monoisotopic (exact) mass is 299 g/mol. The predicted octanol–water partition coefficient (Wildman–Crippen LogP) is 1.94. The Morgan fingerprint density at radius 3 is 2.90 bits per heavy atom. The van der Waals surface area contributed by atoms with Gasteiger partial charge < -0.3 is 9.40 Å². The van der Waals surface area contributed by atoms with Crippen molar-refractivity contribution in [3.05, 3.63) is 51.6 Å². The maximum atomic E-state index is 12.6. The molecule has 3 heterocycles. The lowest BCUT2D eigenvalue weighted by molar-refractivity contribution is -0.145. The number of H-pyrrole nitrogens is 1. The molecule has 1 aliphatic rings. The van der Waals surface area contributed by atoms with Crippen molar-refractivity contribution < 1.29 is 17.6 Å². The van der Waals surface area contributed by atoms with Gasteiger partial charge in [-0.2, -0.15) is 13.2 Å². The van der Waals surface area contributed by atoms with Crippen LogP contribution in [0.5, 0.6) is 0 Å². The Hall–Kier alpha value is -2.09. The molecule has 0 saturated carbocycles. The van der Waals surface area contributed by atoms with Crippen molar-refractivity contribution in [2.24, 2.45) is 0 Å². The second kappa shape index (κ2) is 5.03. The van der Waals surface area contributed by atoms with Crippen LogP contribution in [0.4, 0.5) is 13.2 Å². The molecule has 1 aliphatic heterocycles. The van der Waals surface area contributed by atoms with Crippen LogP contribution in [0.25, 0.3) is 0 Å². The zero-order valence-corrected chi connectivity index (χ0v) is 10.9. The number of nitrogens with one attached hydrogen (secondary N) is 1. The second-order valence-electron chi connectivity index (χ2n) is 4.88. The first-order chi connectivity index (χ1) is 9.93. The lowest BCUT2D eigenvalue weighted by Crippen LogP contribution is -2.36. The summed E-state index contributed by atoms with van der Waals surface area (Å²) < 4.78 is 43.1. The van der Waals surface area contributed by atoms with Gasteiger partial charge >= 0.3 is 6.18 Å². The fourth-order valence-corrected chi connectivity index (χ4v) is 2.37. The number of alkyl halides is 3. The summed E-state index contributed by atoms with van der Waals surface area (Å²) >= 11 is 0. The SMILES string of the molecule is O=c1[nH]c(C(F)(F)F)nc2c1CN(Cc1ccco1)CC2. The minimum absolute atomic E-state index is 0.224. The molecule has 112 valence electrons. The second-order valence-corrected chi connectivity index (χ2v) is 4.88. The van der Waals surface area contributed by atoms with Crippen LogP contribution in [-0.4, -0.2) is 21.4 Å². The molecule has 5 nitrogen and oxygen atoms in total. The van der Waals surface area contributed by atoms with E-state index in [0.717, 1.165) is 5.76 Å². The number of rotatable bonds is 2. The lowest BCUT2D eigenvalue weighted by Gasteiger charge is -2.26.